The molecule has 1 aromatic heterocycles. The van der Waals surface area contributed by atoms with Crippen molar-refractivity contribution in [2.45, 2.75) is 89.6 Å². The average molecular weight is 483 g/mol. The first kappa shape index (κ1) is 28.0. The van der Waals surface area contributed by atoms with E-state index >= 15 is 0 Å². The van der Waals surface area contributed by atoms with E-state index < -0.39 is 25.1 Å². The Morgan fingerprint density at radius 3 is 2.52 bits per heavy atom. The van der Waals surface area contributed by atoms with Crippen LogP contribution in [-0.2, 0) is 24.2 Å². The van der Waals surface area contributed by atoms with Gasteiger partial charge in [0.1, 0.15) is 6.54 Å². The number of rotatable bonds is 14. The smallest absolute Gasteiger partial charge is 0.381 e. The van der Waals surface area contributed by atoms with Gasteiger partial charge in [-0.05, 0) is 45.7 Å². The number of fused-ring (bicyclic) bond motifs is 1. The third-order valence-corrected chi connectivity index (χ3v) is 6.74. The fraction of sp³-hybridized carbons (Fsp3) is 0.870. The Bertz CT molecular complexity index is 737. The van der Waals surface area contributed by atoms with Crippen molar-refractivity contribution in [2.75, 3.05) is 34.3 Å². The number of hydrogen-bond donors (Lipinski definition) is 1. The highest BCUT2D eigenvalue weighted by Gasteiger charge is 2.43. The van der Waals surface area contributed by atoms with Crippen LogP contribution in [0.4, 0.5) is 22.0 Å². The molecule has 5 nitrogen and oxygen atoms in total. The molecule has 2 heterocycles. The van der Waals surface area contributed by atoms with Gasteiger partial charge in [-0.15, -0.1) is 0 Å². The van der Waals surface area contributed by atoms with Crippen LogP contribution in [0.1, 0.15) is 68.8 Å². The molecule has 3 atom stereocenters. The van der Waals surface area contributed by atoms with E-state index in [0.29, 0.717) is 31.5 Å². The second-order valence-corrected chi connectivity index (χ2v) is 9.46. The summed E-state index contributed by atoms with van der Waals surface area (Å²) < 4.78 is 73.1. The van der Waals surface area contributed by atoms with Gasteiger partial charge in [0.15, 0.2) is 0 Å². The molecule has 2 rings (SSSR count). The van der Waals surface area contributed by atoms with Gasteiger partial charge in [0, 0.05) is 44.4 Å². The van der Waals surface area contributed by atoms with Crippen molar-refractivity contribution in [3.05, 3.63) is 17.0 Å². The highest BCUT2D eigenvalue weighted by atomic mass is 19.4. The number of unbranched alkanes of at least 4 members (excludes halogenated alkanes) is 2. The van der Waals surface area contributed by atoms with Gasteiger partial charge in [-0.2, -0.15) is 18.3 Å². The van der Waals surface area contributed by atoms with Crippen molar-refractivity contribution in [1.82, 2.24) is 20.0 Å². The van der Waals surface area contributed by atoms with Crippen LogP contribution in [0.3, 0.4) is 0 Å². The van der Waals surface area contributed by atoms with Crippen LogP contribution in [0.5, 0.6) is 0 Å². The number of halogens is 5. The van der Waals surface area contributed by atoms with Crippen LogP contribution < -0.4 is 5.32 Å². The molecule has 0 spiro atoms. The number of nitrogens with one attached hydrogen (secondary N) is 1. The molecule has 0 aliphatic carbocycles. The maximum Gasteiger partial charge on any atom is 0.389 e. The number of methoxy groups -OCH3 is 1. The Morgan fingerprint density at radius 1 is 1.21 bits per heavy atom. The van der Waals surface area contributed by atoms with Gasteiger partial charge < -0.3 is 10.1 Å². The minimum absolute atomic E-state index is 0.00195. The molecule has 0 amide bonds. The second kappa shape index (κ2) is 11.9. The summed E-state index contributed by atoms with van der Waals surface area (Å²) in [7, 11) is 5.45. The summed E-state index contributed by atoms with van der Waals surface area (Å²) in [5.74, 6) is -2.95. The standard InChI is InChI=1S/C23H39F5N4O/c1-16(17(2)33-5)18(9-7-6-8-10-23(26,27)28)21-19(14-31(4)12-11-29-3)30-32-15-22(24,25)13-20(21)32/h16-18,29H,6-15H2,1-5H3. The quantitative estimate of drug-likeness (QED) is 0.300. The monoisotopic (exact) mass is 482 g/mol. The normalized spacial score (nSPS) is 18.5. The summed E-state index contributed by atoms with van der Waals surface area (Å²) in [5.41, 5.74) is 2.19. The number of alkyl halides is 5. The van der Waals surface area contributed by atoms with Gasteiger partial charge in [0.25, 0.3) is 5.92 Å². The molecule has 1 aliphatic heterocycles. The average Bonchev–Trinajstić information content (AvgIpc) is 3.18. The molecular formula is C23H39F5N4O. The molecule has 3 unspecified atom stereocenters. The number of nitrogens with zero attached hydrogens (tertiary/aromatic N) is 3. The van der Waals surface area contributed by atoms with E-state index in [1.54, 1.807) is 7.11 Å². The Labute approximate surface area is 194 Å². The van der Waals surface area contributed by atoms with E-state index in [1.807, 2.05) is 27.9 Å². The van der Waals surface area contributed by atoms with Crippen molar-refractivity contribution in [3.8, 4) is 0 Å². The van der Waals surface area contributed by atoms with E-state index in [0.717, 1.165) is 24.3 Å². The molecule has 0 fully saturated rings. The summed E-state index contributed by atoms with van der Waals surface area (Å²) in [5, 5.41) is 7.68. The van der Waals surface area contributed by atoms with Gasteiger partial charge in [-0.1, -0.05) is 19.8 Å². The highest BCUT2D eigenvalue weighted by Crippen LogP contribution is 2.42. The Morgan fingerprint density at radius 2 is 1.91 bits per heavy atom. The van der Waals surface area contributed by atoms with Crippen LogP contribution in [0.2, 0.25) is 0 Å². The number of hydrogen-bond acceptors (Lipinski definition) is 4. The zero-order chi connectivity index (χ0) is 24.8. The number of ether oxygens (including phenoxy) is 1. The summed E-state index contributed by atoms with van der Waals surface area (Å²) in [6.07, 6.45) is -3.69. The molecule has 0 saturated carbocycles. The lowest BCUT2D eigenvalue weighted by atomic mass is 9.79. The maximum atomic E-state index is 14.3. The molecule has 33 heavy (non-hydrogen) atoms. The lowest BCUT2D eigenvalue weighted by molar-refractivity contribution is -0.135. The van der Waals surface area contributed by atoms with Crippen LogP contribution >= 0.6 is 0 Å². The first-order chi connectivity index (χ1) is 15.4. The van der Waals surface area contributed by atoms with Crippen molar-refractivity contribution in [1.29, 1.82) is 0 Å². The van der Waals surface area contributed by atoms with Crippen LogP contribution in [0.25, 0.3) is 0 Å². The second-order valence-electron chi connectivity index (χ2n) is 9.46. The summed E-state index contributed by atoms with van der Waals surface area (Å²) in [6.45, 7) is 5.64. The molecule has 1 aromatic rings. The maximum absolute atomic E-state index is 14.3. The van der Waals surface area contributed by atoms with Crippen LogP contribution in [0, 0.1) is 5.92 Å². The van der Waals surface area contributed by atoms with Crippen molar-refractivity contribution < 1.29 is 26.7 Å². The molecular weight excluding hydrogens is 443 g/mol. The highest BCUT2D eigenvalue weighted by molar-refractivity contribution is 5.34. The van der Waals surface area contributed by atoms with E-state index in [4.69, 9.17) is 4.74 Å². The molecule has 1 N–H and O–H groups in total. The van der Waals surface area contributed by atoms with Crippen molar-refractivity contribution in [3.63, 3.8) is 0 Å². The first-order valence-electron chi connectivity index (χ1n) is 11.8. The zero-order valence-electron chi connectivity index (χ0n) is 20.4. The summed E-state index contributed by atoms with van der Waals surface area (Å²) >= 11 is 0. The fourth-order valence-corrected chi connectivity index (χ4v) is 4.66. The topological polar surface area (TPSA) is 42.3 Å². The lowest BCUT2D eigenvalue weighted by Gasteiger charge is -2.30. The fourth-order valence-electron chi connectivity index (χ4n) is 4.66. The molecule has 0 saturated heterocycles. The van der Waals surface area contributed by atoms with Gasteiger partial charge in [0.05, 0.1) is 18.2 Å². The van der Waals surface area contributed by atoms with Gasteiger partial charge in [-0.25, -0.2) is 8.78 Å². The van der Waals surface area contributed by atoms with Gasteiger partial charge >= 0.3 is 6.18 Å². The SMILES string of the molecule is CNCCN(C)Cc1nn2c(c1C(CCCCCC(F)(F)F)C(C)C(C)OC)CC(F)(F)C2. The van der Waals surface area contributed by atoms with Gasteiger partial charge in [0.2, 0.25) is 0 Å². The third kappa shape index (κ3) is 8.17. The third-order valence-electron chi connectivity index (χ3n) is 6.74. The van der Waals surface area contributed by atoms with Crippen molar-refractivity contribution in [2.24, 2.45) is 5.92 Å². The van der Waals surface area contributed by atoms with Gasteiger partial charge in [-0.3, -0.25) is 9.58 Å². The van der Waals surface area contributed by atoms with E-state index in [2.05, 4.69) is 15.3 Å². The van der Waals surface area contributed by atoms with E-state index in [-0.39, 0.29) is 30.8 Å². The minimum atomic E-state index is -4.15. The van der Waals surface area contributed by atoms with Crippen LogP contribution in [-0.4, -0.2) is 67.2 Å². The molecule has 0 bridgehead atoms. The summed E-state index contributed by atoms with van der Waals surface area (Å²) in [4.78, 5) is 2.10. The van der Waals surface area contributed by atoms with E-state index in [1.165, 1.54) is 4.68 Å². The van der Waals surface area contributed by atoms with E-state index in [9.17, 15) is 22.0 Å². The molecule has 0 radical (unpaired) electrons. The predicted molar refractivity (Wildman–Crippen MR) is 119 cm³/mol. The molecule has 0 aromatic carbocycles. The largest absolute Gasteiger partial charge is 0.389 e. The Kier molecular flexibility index (Phi) is 10.1. The first-order valence-corrected chi connectivity index (χ1v) is 11.8. The number of aromatic nitrogens is 2. The van der Waals surface area contributed by atoms with Crippen molar-refractivity contribution >= 4 is 0 Å². The Balaban J connectivity index is 2.30. The molecule has 192 valence electrons. The minimum Gasteiger partial charge on any atom is -0.381 e. The molecule has 1 aliphatic rings. The molecule has 10 heteroatoms. The summed E-state index contributed by atoms with van der Waals surface area (Å²) in [6, 6.07) is 0. The predicted octanol–water partition coefficient (Wildman–Crippen LogP) is 4.99. The van der Waals surface area contributed by atoms with Crippen LogP contribution in [0.15, 0.2) is 0 Å². The Hall–Kier alpha value is -1.26. The lowest BCUT2D eigenvalue weighted by Crippen LogP contribution is -2.29. The number of likely N-dealkylation sites (N-methyl/N-ethyl adjacent to an activating group) is 2. The zero-order valence-corrected chi connectivity index (χ0v) is 20.4.